The molecule has 0 saturated carbocycles. The minimum atomic E-state index is -0.327. The van der Waals surface area contributed by atoms with E-state index in [1.807, 2.05) is 66.9 Å². The summed E-state index contributed by atoms with van der Waals surface area (Å²) in [5, 5.41) is 2.81. The van der Waals surface area contributed by atoms with Crippen molar-refractivity contribution in [3.8, 4) is 21.8 Å². The van der Waals surface area contributed by atoms with Gasteiger partial charge in [-0.15, -0.1) is 11.3 Å². The van der Waals surface area contributed by atoms with Crippen molar-refractivity contribution in [3.05, 3.63) is 125 Å². The molecule has 196 valence electrons. The molecular formula is C34H31FN2OS. The van der Waals surface area contributed by atoms with Crippen molar-refractivity contribution in [1.82, 2.24) is 4.98 Å². The van der Waals surface area contributed by atoms with Gasteiger partial charge in [0.05, 0.1) is 11.6 Å². The minimum Gasteiger partial charge on any atom is -0.281 e. The standard InChI is InChI=1S/C34H31FN2OS/c1-23(2)20-25-12-14-26(15-13-25)24(3)34(38)37(30-9-5-4-6-10-30)31-11-7-8-28(21-31)33-36-32(22-39-33)27-16-18-29(35)19-17-27/h4-19,21-24H,20H2,1-3H3. The Morgan fingerprint density at radius 2 is 1.51 bits per heavy atom. The largest absolute Gasteiger partial charge is 0.281 e. The van der Waals surface area contributed by atoms with Crippen molar-refractivity contribution < 1.29 is 9.18 Å². The highest BCUT2D eigenvalue weighted by atomic mass is 32.1. The van der Waals surface area contributed by atoms with Crippen LogP contribution in [0.4, 0.5) is 15.8 Å². The number of hydrogen-bond donors (Lipinski definition) is 0. The van der Waals surface area contributed by atoms with E-state index in [-0.39, 0.29) is 17.6 Å². The van der Waals surface area contributed by atoms with Gasteiger partial charge in [0, 0.05) is 27.9 Å². The van der Waals surface area contributed by atoms with Gasteiger partial charge >= 0.3 is 0 Å². The molecule has 4 aromatic carbocycles. The molecule has 1 aromatic heterocycles. The molecule has 0 saturated heterocycles. The lowest BCUT2D eigenvalue weighted by molar-refractivity contribution is -0.119. The van der Waals surface area contributed by atoms with Crippen molar-refractivity contribution in [2.24, 2.45) is 5.92 Å². The number of anilines is 2. The predicted octanol–water partition coefficient (Wildman–Crippen LogP) is 9.28. The van der Waals surface area contributed by atoms with Gasteiger partial charge in [0.1, 0.15) is 10.8 Å². The fraction of sp³-hybridized carbons (Fsp3) is 0.176. The normalized spacial score (nSPS) is 11.9. The molecule has 5 rings (SSSR count). The van der Waals surface area contributed by atoms with Crippen LogP contribution >= 0.6 is 11.3 Å². The molecule has 1 heterocycles. The molecule has 0 aliphatic heterocycles. The predicted molar refractivity (Wildman–Crippen MR) is 160 cm³/mol. The first-order valence-electron chi connectivity index (χ1n) is 13.2. The SMILES string of the molecule is CC(C)Cc1ccc(C(C)C(=O)N(c2ccccc2)c2cccc(-c3nc(-c4ccc(F)cc4)cs3)c2)cc1. The lowest BCUT2D eigenvalue weighted by Gasteiger charge is -2.27. The number of rotatable bonds is 8. The summed E-state index contributed by atoms with van der Waals surface area (Å²) in [6.45, 7) is 6.39. The van der Waals surface area contributed by atoms with Crippen LogP contribution in [0, 0.1) is 11.7 Å². The van der Waals surface area contributed by atoms with Gasteiger partial charge in [-0.25, -0.2) is 9.37 Å². The summed E-state index contributed by atoms with van der Waals surface area (Å²) in [5.41, 5.74) is 6.46. The van der Waals surface area contributed by atoms with Crippen molar-refractivity contribution in [3.63, 3.8) is 0 Å². The number of nitrogens with zero attached hydrogens (tertiary/aromatic N) is 2. The first-order valence-corrected chi connectivity index (χ1v) is 14.1. The second-order valence-electron chi connectivity index (χ2n) is 10.2. The van der Waals surface area contributed by atoms with Crippen LogP contribution in [-0.2, 0) is 11.2 Å². The average molecular weight is 535 g/mol. The van der Waals surface area contributed by atoms with Gasteiger partial charge in [-0.1, -0.05) is 68.4 Å². The zero-order chi connectivity index (χ0) is 27.4. The molecule has 0 fully saturated rings. The van der Waals surface area contributed by atoms with Crippen LogP contribution in [0.3, 0.4) is 0 Å². The molecule has 1 amide bonds. The molecule has 0 bridgehead atoms. The summed E-state index contributed by atoms with van der Waals surface area (Å²) in [7, 11) is 0. The fourth-order valence-electron chi connectivity index (χ4n) is 4.67. The van der Waals surface area contributed by atoms with E-state index in [0.29, 0.717) is 5.92 Å². The highest BCUT2D eigenvalue weighted by molar-refractivity contribution is 7.13. The van der Waals surface area contributed by atoms with Gasteiger partial charge in [0.25, 0.3) is 0 Å². The number of thiazole rings is 1. The van der Waals surface area contributed by atoms with E-state index in [9.17, 15) is 9.18 Å². The monoisotopic (exact) mass is 534 g/mol. The third-order valence-corrected chi connectivity index (χ3v) is 7.62. The Balaban J connectivity index is 1.47. The van der Waals surface area contributed by atoms with Crippen LogP contribution in [-0.4, -0.2) is 10.9 Å². The molecule has 39 heavy (non-hydrogen) atoms. The van der Waals surface area contributed by atoms with E-state index < -0.39 is 0 Å². The lowest BCUT2D eigenvalue weighted by atomic mass is 9.95. The molecule has 0 radical (unpaired) electrons. The fourth-order valence-corrected chi connectivity index (χ4v) is 5.49. The third kappa shape index (κ3) is 6.15. The first-order chi connectivity index (χ1) is 18.9. The Labute approximate surface area is 233 Å². The topological polar surface area (TPSA) is 33.2 Å². The maximum Gasteiger partial charge on any atom is 0.238 e. The molecule has 5 heteroatoms. The zero-order valence-corrected chi connectivity index (χ0v) is 23.2. The summed E-state index contributed by atoms with van der Waals surface area (Å²) in [5.74, 6) is -0.0123. The molecule has 1 atom stereocenters. The number of para-hydroxylation sites is 1. The summed E-state index contributed by atoms with van der Waals surface area (Å²) in [6, 6.07) is 32.5. The van der Waals surface area contributed by atoms with E-state index in [1.54, 1.807) is 17.0 Å². The van der Waals surface area contributed by atoms with Crippen molar-refractivity contribution in [1.29, 1.82) is 0 Å². The van der Waals surface area contributed by atoms with Gasteiger partial charge in [0.2, 0.25) is 5.91 Å². The molecular weight excluding hydrogens is 503 g/mol. The Morgan fingerprint density at radius 1 is 0.821 bits per heavy atom. The first kappa shape index (κ1) is 26.5. The number of halogens is 1. The maximum atomic E-state index is 14.1. The molecule has 5 aromatic rings. The van der Waals surface area contributed by atoms with Gasteiger partial charge in [-0.2, -0.15) is 0 Å². The molecule has 1 unspecified atom stereocenters. The second kappa shape index (κ2) is 11.7. The van der Waals surface area contributed by atoms with Gasteiger partial charge in [-0.3, -0.25) is 9.69 Å². The second-order valence-corrected chi connectivity index (χ2v) is 11.0. The van der Waals surface area contributed by atoms with Crippen LogP contribution in [0.2, 0.25) is 0 Å². The van der Waals surface area contributed by atoms with Gasteiger partial charge in [-0.05, 0) is 78.9 Å². The minimum absolute atomic E-state index is 0.00102. The Morgan fingerprint density at radius 3 is 2.21 bits per heavy atom. The Bertz CT molecular complexity index is 1540. The smallest absolute Gasteiger partial charge is 0.238 e. The molecule has 3 nitrogen and oxygen atoms in total. The average Bonchev–Trinajstić information content (AvgIpc) is 3.45. The molecule has 0 spiro atoms. The van der Waals surface area contributed by atoms with Gasteiger partial charge < -0.3 is 0 Å². The third-order valence-electron chi connectivity index (χ3n) is 6.72. The number of hydrogen-bond acceptors (Lipinski definition) is 3. The van der Waals surface area contributed by atoms with Crippen LogP contribution in [0.1, 0.15) is 37.8 Å². The van der Waals surface area contributed by atoms with Crippen molar-refractivity contribution in [2.45, 2.75) is 33.1 Å². The van der Waals surface area contributed by atoms with Gasteiger partial charge in [0.15, 0.2) is 0 Å². The van der Waals surface area contributed by atoms with Crippen LogP contribution < -0.4 is 4.90 Å². The maximum absolute atomic E-state index is 14.1. The van der Waals surface area contributed by atoms with Crippen LogP contribution in [0.15, 0.2) is 109 Å². The number of carbonyl (C=O) groups is 1. The Hall–Kier alpha value is -4.09. The molecule has 0 N–H and O–H groups in total. The Kier molecular flexibility index (Phi) is 7.99. The van der Waals surface area contributed by atoms with E-state index in [1.165, 1.54) is 29.0 Å². The number of benzene rings is 4. The lowest BCUT2D eigenvalue weighted by Crippen LogP contribution is -2.30. The van der Waals surface area contributed by atoms with Crippen LogP contribution in [0.25, 0.3) is 21.8 Å². The highest BCUT2D eigenvalue weighted by Crippen LogP contribution is 2.35. The van der Waals surface area contributed by atoms with Crippen LogP contribution in [0.5, 0.6) is 0 Å². The summed E-state index contributed by atoms with van der Waals surface area (Å²) < 4.78 is 13.4. The van der Waals surface area contributed by atoms with E-state index >= 15 is 0 Å². The number of carbonyl (C=O) groups excluding carboxylic acids is 1. The van der Waals surface area contributed by atoms with Crippen molar-refractivity contribution in [2.75, 3.05) is 4.90 Å². The van der Waals surface area contributed by atoms with E-state index in [4.69, 9.17) is 4.98 Å². The number of aromatic nitrogens is 1. The molecule has 0 aliphatic carbocycles. The molecule has 0 aliphatic rings. The van der Waals surface area contributed by atoms with E-state index in [0.717, 1.165) is 45.2 Å². The number of amides is 1. The van der Waals surface area contributed by atoms with E-state index in [2.05, 4.69) is 38.1 Å². The van der Waals surface area contributed by atoms with Crippen molar-refractivity contribution >= 4 is 28.6 Å². The zero-order valence-electron chi connectivity index (χ0n) is 22.3. The summed E-state index contributed by atoms with van der Waals surface area (Å²) in [6.07, 6.45) is 1.02. The summed E-state index contributed by atoms with van der Waals surface area (Å²) >= 11 is 1.53. The summed E-state index contributed by atoms with van der Waals surface area (Å²) in [4.78, 5) is 20.7. The highest BCUT2D eigenvalue weighted by Gasteiger charge is 2.25. The quantitative estimate of drug-likeness (QED) is 0.199.